The van der Waals surface area contributed by atoms with Crippen LogP contribution < -0.4 is 5.32 Å². The molecule has 2 nitrogen and oxygen atoms in total. The molecule has 1 N–H and O–H groups in total. The molecule has 1 amide bonds. The van der Waals surface area contributed by atoms with Crippen LogP contribution in [0.25, 0.3) is 0 Å². The van der Waals surface area contributed by atoms with Gasteiger partial charge in [-0.25, -0.2) is 0 Å². The molecule has 23 heavy (non-hydrogen) atoms. The number of rotatable bonds is 4. The molecule has 2 aliphatic rings. The Labute approximate surface area is 148 Å². The summed E-state index contributed by atoms with van der Waals surface area (Å²) in [6.07, 6.45) is 7.38. The average Bonchev–Trinajstić information content (AvgIpc) is 2.63. The van der Waals surface area contributed by atoms with E-state index in [4.69, 9.17) is 0 Å². The van der Waals surface area contributed by atoms with Gasteiger partial charge >= 0.3 is 0 Å². The summed E-state index contributed by atoms with van der Waals surface area (Å²) in [4.78, 5) is 12.4. The Hall–Kier alpha value is -0.610. The van der Waals surface area contributed by atoms with Crippen molar-refractivity contribution >= 4 is 29.4 Å². The lowest BCUT2D eigenvalue weighted by Gasteiger charge is -2.28. The van der Waals surface area contributed by atoms with Crippen molar-refractivity contribution in [1.29, 1.82) is 0 Å². The highest BCUT2D eigenvalue weighted by molar-refractivity contribution is 8.16. The predicted molar refractivity (Wildman–Crippen MR) is 102 cm³/mol. The monoisotopic (exact) mass is 349 g/mol. The Bertz CT molecular complexity index is 503. The number of thioether (sulfide) groups is 2. The maximum Gasteiger partial charge on any atom is 0.251 e. The van der Waals surface area contributed by atoms with Crippen LogP contribution in [-0.2, 0) is 0 Å². The highest BCUT2D eigenvalue weighted by Crippen LogP contribution is 2.43. The number of benzene rings is 1. The predicted octanol–water partition coefficient (Wildman–Crippen LogP) is 5.25. The molecule has 1 heterocycles. The van der Waals surface area contributed by atoms with Gasteiger partial charge in [-0.3, -0.25) is 4.79 Å². The molecular weight excluding hydrogens is 322 g/mol. The standard InChI is InChI=1S/C19H27NOS2/c1-2-14-4-10-17(11-5-14)20-18(21)15-6-8-16(9-7-15)19-22-12-3-13-23-19/h6-9,14,17,19H,2-5,10-13H2,1H3,(H,20,21). The minimum atomic E-state index is 0.0976. The van der Waals surface area contributed by atoms with Crippen LogP contribution in [0.3, 0.4) is 0 Å². The van der Waals surface area contributed by atoms with E-state index in [0.29, 0.717) is 10.6 Å². The summed E-state index contributed by atoms with van der Waals surface area (Å²) in [5.74, 6) is 3.47. The highest BCUT2D eigenvalue weighted by Gasteiger charge is 2.22. The molecule has 1 aliphatic carbocycles. The van der Waals surface area contributed by atoms with Crippen molar-refractivity contribution in [3.63, 3.8) is 0 Å². The summed E-state index contributed by atoms with van der Waals surface area (Å²) in [6.45, 7) is 2.27. The molecular formula is C19H27NOS2. The van der Waals surface area contributed by atoms with E-state index in [1.165, 1.54) is 42.8 Å². The fraction of sp³-hybridized carbons (Fsp3) is 0.632. The number of nitrogens with one attached hydrogen (secondary N) is 1. The quantitative estimate of drug-likeness (QED) is 0.804. The van der Waals surface area contributed by atoms with Crippen LogP contribution in [0.15, 0.2) is 24.3 Å². The van der Waals surface area contributed by atoms with Crippen LogP contribution >= 0.6 is 23.5 Å². The Morgan fingerprint density at radius 2 is 1.74 bits per heavy atom. The highest BCUT2D eigenvalue weighted by atomic mass is 32.2. The lowest BCUT2D eigenvalue weighted by atomic mass is 9.84. The second kappa shape index (κ2) is 8.48. The summed E-state index contributed by atoms with van der Waals surface area (Å²) >= 11 is 4.05. The molecule has 4 heteroatoms. The van der Waals surface area contributed by atoms with Crippen molar-refractivity contribution in [2.45, 2.75) is 56.1 Å². The van der Waals surface area contributed by atoms with Crippen molar-refractivity contribution in [3.8, 4) is 0 Å². The van der Waals surface area contributed by atoms with Crippen molar-refractivity contribution in [1.82, 2.24) is 5.32 Å². The molecule has 0 bridgehead atoms. The van der Waals surface area contributed by atoms with Crippen LogP contribution in [0, 0.1) is 5.92 Å². The molecule has 3 rings (SSSR count). The molecule has 0 spiro atoms. The molecule has 0 aromatic heterocycles. The normalized spacial score (nSPS) is 26.0. The number of carbonyl (C=O) groups excluding carboxylic acids is 1. The topological polar surface area (TPSA) is 29.1 Å². The Balaban J connectivity index is 1.53. The van der Waals surface area contributed by atoms with Gasteiger partial charge in [0.25, 0.3) is 5.91 Å². The van der Waals surface area contributed by atoms with Gasteiger partial charge in [0.15, 0.2) is 0 Å². The molecule has 126 valence electrons. The first-order chi connectivity index (χ1) is 11.3. The average molecular weight is 350 g/mol. The fourth-order valence-electron chi connectivity index (χ4n) is 3.46. The smallest absolute Gasteiger partial charge is 0.251 e. The largest absolute Gasteiger partial charge is 0.349 e. The van der Waals surface area contributed by atoms with E-state index in [-0.39, 0.29) is 5.91 Å². The van der Waals surface area contributed by atoms with Gasteiger partial charge in [-0.05, 0) is 67.2 Å². The van der Waals surface area contributed by atoms with Gasteiger partial charge in [-0.2, -0.15) is 0 Å². The molecule has 0 radical (unpaired) electrons. The molecule has 0 unspecified atom stereocenters. The Morgan fingerprint density at radius 1 is 1.09 bits per heavy atom. The number of hydrogen-bond acceptors (Lipinski definition) is 3. The van der Waals surface area contributed by atoms with Gasteiger partial charge in [-0.15, -0.1) is 23.5 Å². The summed E-state index contributed by atoms with van der Waals surface area (Å²) in [6, 6.07) is 8.64. The van der Waals surface area contributed by atoms with Crippen LogP contribution in [0.5, 0.6) is 0 Å². The Kier molecular flexibility index (Phi) is 6.35. The summed E-state index contributed by atoms with van der Waals surface area (Å²) in [5.41, 5.74) is 2.15. The van der Waals surface area contributed by atoms with Crippen molar-refractivity contribution in [2.24, 2.45) is 5.92 Å². The first kappa shape index (κ1) is 17.2. The first-order valence-electron chi connectivity index (χ1n) is 8.90. The van der Waals surface area contributed by atoms with Gasteiger partial charge in [0.05, 0.1) is 4.58 Å². The van der Waals surface area contributed by atoms with E-state index < -0.39 is 0 Å². The maximum atomic E-state index is 12.4. The third kappa shape index (κ3) is 4.69. The van der Waals surface area contributed by atoms with Gasteiger partial charge in [-0.1, -0.05) is 25.5 Å². The first-order valence-corrected chi connectivity index (χ1v) is 11.0. The van der Waals surface area contributed by atoms with E-state index in [1.54, 1.807) is 0 Å². The zero-order valence-corrected chi connectivity index (χ0v) is 15.6. The minimum absolute atomic E-state index is 0.0976. The SMILES string of the molecule is CCC1CCC(NC(=O)c2ccc(C3SCCCS3)cc2)CC1. The van der Waals surface area contributed by atoms with E-state index in [9.17, 15) is 4.79 Å². The second-order valence-electron chi connectivity index (χ2n) is 6.65. The second-order valence-corrected chi connectivity index (χ2v) is 9.37. The summed E-state index contributed by atoms with van der Waals surface area (Å²) in [7, 11) is 0. The third-order valence-electron chi connectivity index (χ3n) is 5.03. The molecule has 1 aliphatic heterocycles. The number of amides is 1. The lowest BCUT2D eigenvalue weighted by molar-refractivity contribution is 0.0921. The van der Waals surface area contributed by atoms with Gasteiger partial charge in [0.2, 0.25) is 0 Å². The van der Waals surface area contributed by atoms with Gasteiger partial charge in [0, 0.05) is 11.6 Å². The number of carbonyl (C=O) groups is 1. The van der Waals surface area contributed by atoms with E-state index >= 15 is 0 Å². The number of hydrogen-bond donors (Lipinski definition) is 1. The van der Waals surface area contributed by atoms with E-state index in [2.05, 4.69) is 24.4 Å². The fourth-order valence-corrected chi connectivity index (χ4v) is 6.35. The third-order valence-corrected chi connectivity index (χ3v) is 8.05. The van der Waals surface area contributed by atoms with Gasteiger partial charge in [0.1, 0.15) is 0 Å². The minimum Gasteiger partial charge on any atom is -0.349 e. The van der Waals surface area contributed by atoms with Crippen molar-refractivity contribution in [2.75, 3.05) is 11.5 Å². The molecule has 2 fully saturated rings. The van der Waals surface area contributed by atoms with Crippen LogP contribution in [-0.4, -0.2) is 23.5 Å². The molecule has 0 atom stereocenters. The summed E-state index contributed by atoms with van der Waals surface area (Å²) < 4.78 is 0.546. The van der Waals surface area contributed by atoms with Crippen LogP contribution in [0.1, 0.15) is 66.0 Å². The Morgan fingerprint density at radius 3 is 2.35 bits per heavy atom. The van der Waals surface area contributed by atoms with E-state index in [1.807, 2.05) is 35.7 Å². The van der Waals surface area contributed by atoms with Crippen LogP contribution in [0.4, 0.5) is 0 Å². The molecule has 1 saturated carbocycles. The zero-order chi connectivity index (χ0) is 16.1. The molecule has 1 saturated heterocycles. The lowest BCUT2D eigenvalue weighted by Crippen LogP contribution is -2.37. The van der Waals surface area contributed by atoms with Crippen molar-refractivity contribution in [3.05, 3.63) is 35.4 Å². The summed E-state index contributed by atoms with van der Waals surface area (Å²) in [5, 5.41) is 3.23. The van der Waals surface area contributed by atoms with Crippen LogP contribution in [0.2, 0.25) is 0 Å². The maximum absolute atomic E-state index is 12.4. The molecule has 1 aromatic carbocycles. The zero-order valence-electron chi connectivity index (χ0n) is 13.9. The van der Waals surface area contributed by atoms with E-state index in [0.717, 1.165) is 24.3 Å². The van der Waals surface area contributed by atoms with Gasteiger partial charge < -0.3 is 5.32 Å². The molecule has 1 aromatic rings. The van der Waals surface area contributed by atoms with Crippen molar-refractivity contribution < 1.29 is 4.79 Å².